The molecule has 0 heterocycles. The molecule has 2 heteroatoms. The van der Waals surface area contributed by atoms with Gasteiger partial charge in [0.05, 0.1) is 6.61 Å². The molecule has 2 nitrogen and oxygen atoms in total. The van der Waals surface area contributed by atoms with Crippen LogP contribution in [0.15, 0.2) is 11.1 Å². The zero-order chi connectivity index (χ0) is 15.0. The average molecular weight is 278 g/mol. The lowest BCUT2D eigenvalue weighted by atomic mass is 9.50. The molecular formula is C18H30O2. The summed E-state index contributed by atoms with van der Waals surface area (Å²) < 4.78 is 5.20. The topological polar surface area (TPSA) is 26.3 Å². The summed E-state index contributed by atoms with van der Waals surface area (Å²) in [6, 6.07) is 0. The van der Waals surface area contributed by atoms with Gasteiger partial charge in [0.15, 0.2) is 0 Å². The first-order chi connectivity index (χ1) is 9.27. The zero-order valence-electron chi connectivity index (χ0n) is 13.8. The molecule has 1 saturated carbocycles. The minimum Gasteiger partial charge on any atom is -0.466 e. The number of hydrogen-bond donors (Lipinski definition) is 0. The molecule has 114 valence electrons. The Balaban J connectivity index is 2.21. The van der Waals surface area contributed by atoms with Crippen LogP contribution in [0, 0.1) is 16.7 Å². The van der Waals surface area contributed by atoms with E-state index in [1.54, 1.807) is 11.1 Å². The Morgan fingerprint density at radius 2 is 2.00 bits per heavy atom. The fraction of sp³-hybridized carbons (Fsp3) is 0.833. The maximum Gasteiger partial charge on any atom is 0.302 e. The highest BCUT2D eigenvalue weighted by Gasteiger charge is 2.49. The quantitative estimate of drug-likeness (QED) is 0.543. The van der Waals surface area contributed by atoms with Crippen molar-refractivity contribution in [3.8, 4) is 0 Å². The monoisotopic (exact) mass is 278 g/mol. The van der Waals surface area contributed by atoms with Crippen LogP contribution in [0.1, 0.15) is 73.1 Å². The number of ether oxygens (including phenoxy) is 1. The van der Waals surface area contributed by atoms with E-state index in [1.807, 2.05) is 0 Å². The van der Waals surface area contributed by atoms with Crippen molar-refractivity contribution in [2.24, 2.45) is 16.7 Å². The Kier molecular flexibility index (Phi) is 4.32. The van der Waals surface area contributed by atoms with Gasteiger partial charge in [0, 0.05) is 13.3 Å². The molecule has 2 aliphatic carbocycles. The second-order valence-corrected chi connectivity index (χ2v) is 7.70. The highest BCUT2D eigenvalue weighted by Crippen LogP contribution is 2.60. The highest BCUT2D eigenvalue weighted by molar-refractivity contribution is 5.65. The van der Waals surface area contributed by atoms with E-state index in [-0.39, 0.29) is 5.97 Å². The van der Waals surface area contributed by atoms with Gasteiger partial charge in [-0.1, -0.05) is 38.3 Å². The summed E-state index contributed by atoms with van der Waals surface area (Å²) in [7, 11) is 0. The fourth-order valence-electron chi connectivity index (χ4n) is 4.99. The van der Waals surface area contributed by atoms with Crippen molar-refractivity contribution in [3.63, 3.8) is 0 Å². The van der Waals surface area contributed by atoms with E-state index in [0.29, 0.717) is 17.4 Å². The van der Waals surface area contributed by atoms with E-state index in [9.17, 15) is 4.79 Å². The second-order valence-electron chi connectivity index (χ2n) is 7.70. The van der Waals surface area contributed by atoms with E-state index in [4.69, 9.17) is 4.74 Å². The normalized spacial score (nSPS) is 32.8. The molecule has 2 atom stereocenters. The molecule has 2 rings (SSSR count). The third kappa shape index (κ3) is 2.80. The van der Waals surface area contributed by atoms with Crippen molar-refractivity contribution in [2.45, 2.75) is 73.1 Å². The maximum atomic E-state index is 11.0. The third-order valence-corrected chi connectivity index (χ3v) is 5.90. The van der Waals surface area contributed by atoms with Crippen molar-refractivity contribution < 1.29 is 9.53 Å². The molecule has 0 amide bonds. The minimum atomic E-state index is -0.162. The predicted octanol–water partition coefficient (Wildman–Crippen LogP) is 4.88. The van der Waals surface area contributed by atoms with Crippen molar-refractivity contribution in [3.05, 3.63) is 11.1 Å². The summed E-state index contributed by atoms with van der Waals surface area (Å²) in [5.41, 5.74) is 3.90. The van der Waals surface area contributed by atoms with Crippen LogP contribution >= 0.6 is 0 Å². The summed E-state index contributed by atoms with van der Waals surface area (Å²) >= 11 is 0. The Morgan fingerprint density at radius 1 is 1.30 bits per heavy atom. The van der Waals surface area contributed by atoms with Gasteiger partial charge in [-0.05, 0) is 49.4 Å². The molecule has 0 unspecified atom stereocenters. The number of rotatable bonds is 3. The van der Waals surface area contributed by atoms with Crippen LogP contribution in [0.25, 0.3) is 0 Å². The summed E-state index contributed by atoms with van der Waals surface area (Å²) in [5, 5.41) is 0. The van der Waals surface area contributed by atoms with Gasteiger partial charge in [-0.3, -0.25) is 4.79 Å². The largest absolute Gasteiger partial charge is 0.466 e. The van der Waals surface area contributed by atoms with E-state index in [1.165, 1.54) is 39.0 Å². The SMILES string of the molecule is CC(=O)OCCC1=C(C)CC[C@@H]2C(C)(C)CCC[C@@]12C. The van der Waals surface area contributed by atoms with Crippen molar-refractivity contribution in [2.75, 3.05) is 6.61 Å². The standard InChI is InChI=1S/C18H30O2/c1-13-7-8-16-17(3,4)10-6-11-18(16,5)15(13)9-12-20-14(2)19/h16H,6-12H2,1-5H3/t16-,18+/m1/s1. The molecule has 0 aromatic heterocycles. The lowest BCUT2D eigenvalue weighted by Crippen LogP contribution is -2.45. The first kappa shape index (κ1) is 15.6. The van der Waals surface area contributed by atoms with E-state index >= 15 is 0 Å². The second kappa shape index (κ2) is 5.54. The van der Waals surface area contributed by atoms with Crippen LogP contribution in [0.4, 0.5) is 0 Å². The van der Waals surface area contributed by atoms with Crippen LogP contribution in [0.3, 0.4) is 0 Å². The van der Waals surface area contributed by atoms with Crippen LogP contribution in [0.5, 0.6) is 0 Å². The fourth-order valence-corrected chi connectivity index (χ4v) is 4.99. The molecule has 0 aliphatic heterocycles. The average Bonchev–Trinajstić information content (AvgIpc) is 2.31. The van der Waals surface area contributed by atoms with Crippen molar-refractivity contribution >= 4 is 5.97 Å². The Hall–Kier alpha value is -0.790. The maximum absolute atomic E-state index is 11.0. The molecule has 20 heavy (non-hydrogen) atoms. The number of carbonyl (C=O) groups excluding carboxylic acids is 1. The molecule has 2 aliphatic rings. The molecule has 0 aromatic rings. The Morgan fingerprint density at radius 3 is 2.65 bits per heavy atom. The Labute approximate surface area is 124 Å². The van der Waals surface area contributed by atoms with Crippen LogP contribution < -0.4 is 0 Å². The number of carbonyl (C=O) groups is 1. The van der Waals surface area contributed by atoms with Gasteiger partial charge in [-0.2, -0.15) is 0 Å². The summed E-state index contributed by atoms with van der Waals surface area (Å²) in [6.45, 7) is 11.7. The molecule has 0 bridgehead atoms. The molecule has 0 N–H and O–H groups in total. The predicted molar refractivity (Wildman–Crippen MR) is 82.4 cm³/mol. The van der Waals surface area contributed by atoms with Crippen LogP contribution in [0.2, 0.25) is 0 Å². The van der Waals surface area contributed by atoms with Gasteiger partial charge >= 0.3 is 5.97 Å². The van der Waals surface area contributed by atoms with E-state index in [2.05, 4.69) is 27.7 Å². The molecule has 1 fully saturated rings. The van der Waals surface area contributed by atoms with E-state index < -0.39 is 0 Å². The van der Waals surface area contributed by atoms with Gasteiger partial charge in [-0.15, -0.1) is 0 Å². The summed E-state index contributed by atoms with van der Waals surface area (Å²) in [4.78, 5) is 11.0. The van der Waals surface area contributed by atoms with Gasteiger partial charge in [0.2, 0.25) is 0 Å². The summed E-state index contributed by atoms with van der Waals surface area (Å²) in [5.74, 6) is 0.615. The number of fused-ring (bicyclic) bond motifs is 1. The molecule has 0 saturated heterocycles. The minimum absolute atomic E-state index is 0.162. The lowest BCUT2D eigenvalue weighted by molar-refractivity contribution is -0.141. The first-order valence-corrected chi connectivity index (χ1v) is 8.10. The number of esters is 1. The highest BCUT2D eigenvalue weighted by atomic mass is 16.5. The zero-order valence-corrected chi connectivity index (χ0v) is 13.8. The number of hydrogen-bond acceptors (Lipinski definition) is 2. The van der Waals surface area contributed by atoms with E-state index in [0.717, 1.165) is 12.3 Å². The molecule has 0 aromatic carbocycles. The van der Waals surface area contributed by atoms with Crippen molar-refractivity contribution in [1.82, 2.24) is 0 Å². The smallest absolute Gasteiger partial charge is 0.302 e. The van der Waals surface area contributed by atoms with Crippen LogP contribution in [-0.4, -0.2) is 12.6 Å². The Bertz CT molecular complexity index is 419. The summed E-state index contributed by atoms with van der Waals surface area (Å²) in [6.07, 6.45) is 7.45. The lowest BCUT2D eigenvalue weighted by Gasteiger charge is -2.55. The van der Waals surface area contributed by atoms with Crippen molar-refractivity contribution in [1.29, 1.82) is 0 Å². The van der Waals surface area contributed by atoms with Gasteiger partial charge < -0.3 is 4.74 Å². The first-order valence-electron chi connectivity index (χ1n) is 8.10. The molecule has 0 radical (unpaired) electrons. The van der Waals surface area contributed by atoms with Gasteiger partial charge in [-0.25, -0.2) is 0 Å². The van der Waals surface area contributed by atoms with Gasteiger partial charge in [0.25, 0.3) is 0 Å². The molecular weight excluding hydrogens is 248 g/mol. The third-order valence-electron chi connectivity index (χ3n) is 5.90. The molecule has 0 spiro atoms. The number of allylic oxidation sites excluding steroid dienone is 1. The van der Waals surface area contributed by atoms with Crippen LogP contribution in [-0.2, 0) is 9.53 Å². The van der Waals surface area contributed by atoms with Gasteiger partial charge in [0.1, 0.15) is 0 Å².